The molecule has 1 aromatic carbocycles. The molecule has 0 spiro atoms. The predicted octanol–water partition coefficient (Wildman–Crippen LogP) is 1.98. The normalized spacial score (nSPS) is 10.9. The zero-order valence-corrected chi connectivity index (χ0v) is 9.37. The number of hydrogen-bond acceptors (Lipinski definition) is 3. The van der Waals surface area contributed by atoms with Gasteiger partial charge in [-0.3, -0.25) is 0 Å². The number of nitrogens with two attached hydrogens (primary N) is 1. The van der Waals surface area contributed by atoms with Crippen LogP contribution < -0.4 is 10.5 Å². The maximum Gasteiger partial charge on any atom is 0.119 e. The molecule has 0 radical (unpaired) electrons. The van der Waals surface area contributed by atoms with Crippen LogP contribution in [0.3, 0.4) is 0 Å². The maximum atomic E-state index is 8.76. The van der Waals surface area contributed by atoms with Crippen LogP contribution >= 0.6 is 0 Å². The minimum atomic E-state index is -0.345. The Hall–Kier alpha value is -1.53. The van der Waals surface area contributed by atoms with Crippen LogP contribution in [0.15, 0.2) is 18.2 Å². The number of nitrogens with zero attached hydrogens (tertiary/aromatic N) is 1. The Morgan fingerprint density at radius 3 is 2.60 bits per heavy atom. The van der Waals surface area contributed by atoms with Crippen molar-refractivity contribution in [2.24, 2.45) is 5.73 Å². The van der Waals surface area contributed by atoms with Gasteiger partial charge in [-0.1, -0.05) is 0 Å². The van der Waals surface area contributed by atoms with E-state index >= 15 is 0 Å². The lowest BCUT2D eigenvalue weighted by Gasteiger charge is -2.19. The van der Waals surface area contributed by atoms with Crippen LogP contribution in [-0.4, -0.2) is 12.1 Å². The molecule has 0 aliphatic carbocycles. The monoisotopic (exact) mass is 204 g/mol. The topological polar surface area (TPSA) is 59.0 Å². The van der Waals surface area contributed by atoms with E-state index in [1.807, 2.05) is 26.8 Å². The molecule has 0 aromatic heterocycles. The Kier molecular flexibility index (Phi) is 3.33. The Labute approximate surface area is 90.5 Å². The van der Waals surface area contributed by atoms with Crippen LogP contribution in [0, 0.1) is 18.3 Å². The highest BCUT2D eigenvalue weighted by atomic mass is 16.5. The molecule has 1 rings (SSSR count). The fourth-order valence-corrected chi connectivity index (χ4v) is 1.12. The molecule has 0 heterocycles. The number of ether oxygens (including phenoxy) is 1. The molecule has 3 nitrogen and oxygen atoms in total. The fraction of sp³-hybridized carbons (Fsp3) is 0.417. The minimum absolute atomic E-state index is 0.345. The molecule has 2 N–H and O–H groups in total. The Morgan fingerprint density at radius 2 is 2.13 bits per heavy atom. The van der Waals surface area contributed by atoms with Crippen molar-refractivity contribution in [3.63, 3.8) is 0 Å². The molecule has 0 saturated heterocycles. The SMILES string of the molecule is Cc1cc(OCC(C)(C)N)ccc1C#N. The largest absolute Gasteiger partial charge is 0.492 e. The van der Waals surface area contributed by atoms with Crippen molar-refractivity contribution in [1.82, 2.24) is 0 Å². The van der Waals surface area contributed by atoms with Crippen molar-refractivity contribution in [2.75, 3.05) is 6.61 Å². The molecule has 1 aromatic rings. The molecule has 0 atom stereocenters. The first-order chi connectivity index (χ1) is 6.92. The number of rotatable bonds is 3. The lowest BCUT2D eigenvalue weighted by atomic mass is 10.1. The summed E-state index contributed by atoms with van der Waals surface area (Å²) in [6.45, 7) is 6.16. The first-order valence-electron chi connectivity index (χ1n) is 4.85. The summed E-state index contributed by atoms with van der Waals surface area (Å²) in [4.78, 5) is 0. The molecule has 3 heteroatoms. The minimum Gasteiger partial charge on any atom is -0.492 e. The van der Waals surface area contributed by atoms with E-state index in [9.17, 15) is 0 Å². The van der Waals surface area contributed by atoms with E-state index in [4.69, 9.17) is 15.7 Å². The lowest BCUT2D eigenvalue weighted by molar-refractivity contribution is 0.243. The summed E-state index contributed by atoms with van der Waals surface area (Å²) >= 11 is 0. The van der Waals surface area contributed by atoms with Crippen LogP contribution in [0.5, 0.6) is 5.75 Å². The van der Waals surface area contributed by atoms with Gasteiger partial charge in [-0.25, -0.2) is 0 Å². The average Bonchev–Trinajstić information content (AvgIpc) is 2.14. The molecule has 0 unspecified atom stereocenters. The summed E-state index contributed by atoms with van der Waals surface area (Å²) in [5, 5.41) is 8.76. The molecular formula is C12H16N2O. The van der Waals surface area contributed by atoms with Gasteiger partial charge in [0.25, 0.3) is 0 Å². The van der Waals surface area contributed by atoms with E-state index in [0.717, 1.165) is 11.3 Å². The average molecular weight is 204 g/mol. The summed E-state index contributed by atoms with van der Waals surface area (Å²) in [5.74, 6) is 0.755. The van der Waals surface area contributed by atoms with Crippen LogP contribution in [0.1, 0.15) is 25.0 Å². The van der Waals surface area contributed by atoms with Crippen LogP contribution in [0.4, 0.5) is 0 Å². The highest BCUT2D eigenvalue weighted by Crippen LogP contribution is 2.17. The van der Waals surface area contributed by atoms with Gasteiger partial charge in [0.05, 0.1) is 11.6 Å². The number of hydrogen-bond donors (Lipinski definition) is 1. The van der Waals surface area contributed by atoms with Crippen molar-refractivity contribution >= 4 is 0 Å². The van der Waals surface area contributed by atoms with Gasteiger partial charge < -0.3 is 10.5 Å². The second-order valence-electron chi connectivity index (χ2n) is 4.37. The fourth-order valence-electron chi connectivity index (χ4n) is 1.12. The molecule has 0 saturated carbocycles. The lowest BCUT2D eigenvalue weighted by Crippen LogP contribution is -2.38. The van der Waals surface area contributed by atoms with Crippen molar-refractivity contribution in [3.8, 4) is 11.8 Å². The quantitative estimate of drug-likeness (QED) is 0.819. The zero-order valence-electron chi connectivity index (χ0n) is 9.37. The third-order valence-electron chi connectivity index (χ3n) is 1.93. The van der Waals surface area contributed by atoms with Crippen molar-refractivity contribution in [3.05, 3.63) is 29.3 Å². The summed E-state index contributed by atoms with van der Waals surface area (Å²) < 4.78 is 5.52. The van der Waals surface area contributed by atoms with Gasteiger partial charge in [0.2, 0.25) is 0 Å². The van der Waals surface area contributed by atoms with Gasteiger partial charge >= 0.3 is 0 Å². The van der Waals surface area contributed by atoms with Gasteiger partial charge in [0, 0.05) is 5.54 Å². The maximum absolute atomic E-state index is 8.76. The summed E-state index contributed by atoms with van der Waals surface area (Å²) in [7, 11) is 0. The number of aryl methyl sites for hydroxylation is 1. The molecule has 0 aliphatic heterocycles. The van der Waals surface area contributed by atoms with Crippen LogP contribution in [0.2, 0.25) is 0 Å². The van der Waals surface area contributed by atoms with Gasteiger partial charge in [-0.2, -0.15) is 5.26 Å². The molecule has 80 valence electrons. The smallest absolute Gasteiger partial charge is 0.119 e. The van der Waals surface area contributed by atoms with E-state index in [1.54, 1.807) is 12.1 Å². The molecule has 0 aliphatic rings. The molecular weight excluding hydrogens is 188 g/mol. The summed E-state index contributed by atoms with van der Waals surface area (Å²) in [6.07, 6.45) is 0. The van der Waals surface area contributed by atoms with Gasteiger partial charge in [0.1, 0.15) is 12.4 Å². The van der Waals surface area contributed by atoms with Crippen LogP contribution in [0.25, 0.3) is 0 Å². The van der Waals surface area contributed by atoms with Crippen molar-refractivity contribution < 1.29 is 4.74 Å². The molecule has 15 heavy (non-hydrogen) atoms. The third-order valence-corrected chi connectivity index (χ3v) is 1.93. The molecule has 0 bridgehead atoms. The molecule has 0 fully saturated rings. The van der Waals surface area contributed by atoms with Gasteiger partial charge in [-0.05, 0) is 44.5 Å². The van der Waals surface area contributed by atoms with Crippen LogP contribution in [-0.2, 0) is 0 Å². The van der Waals surface area contributed by atoms with Crippen molar-refractivity contribution in [2.45, 2.75) is 26.3 Å². The van der Waals surface area contributed by atoms with E-state index in [2.05, 4.69) is 6.07 Å². The van der Waals surface area contributed by atoms with E-state index in [1.165, 1.54) is 0 Å². The summed E-state index contributed by atoms with van der Waals surface area (Å²) in [5.41, 5.74) is 7.05. The third kappa shape index (κ3) is 3.61. The van der Waals surface area contributed by atoms with E-state index in [0.29, 0.717) is 12.2 Å². The van der Waals surface area contributed by atoms with E-state index in [-0.39, 0.29) is 5.54 Å². The standard InChI is InChI=1S/C12H16N2O/c1-9-6-11(5-4-10(9)7-13)15-8-12(2,3)14/h4-6H,8,14H2,1-3H3. The number of nitriles is 1. The Balaban J connectivity index is 2.73. The van der Waals surface area contributed by atoms with Gasteiger partial charge in [0.15, 0.2) is 0 Å². The Morgan fingerprint density at radius 1 is 1.47 bits per heavy atom. The van der Waals surface area contributed by atoms with Crippen molar-refractivity contribution in [1.29, 1.82) is 5.26 Å². The predicted molar refractivity (Wildman–Crippen MR) is 59.7 cm³/mol. The zero-order chi connectivity index (χ0) is 11.5. The van der Waals surface area contributed by atoms with E-state index < -0.39 is 0 Å². The molecule has 0 amide bonds. The summed E-state index contributed by atoms with van der Waals surface area (Å²) in [6, 6.07) is 7.51. The Bertz CT molecular complexity index is 386. The first kappa shape index (κ1) is 11.5. The second kappa shape index (κ2) is 4.33. The first-order valence-corrected chi connectivity index (χ1v) is 4.85. The van der Waals surface area contributed by atoms with Gasteiger partial charge in [-0.15, -0.1) is 0 Å². The number of benzene rings is 1. The highest BCUT2D eigenvalue weighted by molar-refractivity contribution is 5.41. The highest BCUT2D eigenvalue weighted by Gasteiger charge is 2.11. The second-order valence-corrected chi connectivity index (χ2v) is 4.37.